The lowest BCUT2D eigenvalue weighted by molar-refractivity contribution is -0.138. The largest absolute Gasteiger partial charge is 0.494 e. The number of esters is 2. The van der Waals surface area contributed by atoms with Gasteiger partial charge in [-0.05, 0) is 67.1 Å². The Morgan fingerprint density at radius 2 is 1.26 bits per heavy atom. The summed E-state index contributed by atoms with van der Waals surface area (Å²) in [4.78, 5) is 25.8. The molecule has 10 heteroatoms. The number of carbonyl (C=O) groups is 2. The van der Waals surface area contributed by atoms with E-state index in [1.165, 1.54) is 0 Å². The van der Waals surface area contributed by atoms with Crippen LogP contribution in [-0.4, -0.2) is 78.0 Å². The van der Waals surface area contributed by atoms with Crippen molar-refractivity contribution in [1.29, 1.82) is 0 Å². The third kappa shape index (κ3) is 10.0. The van der Waals surface area contributed by atoms with E-state index in [1.54, 1.807) is 73.7 Å². The van der Waals surface area contributed by atoms with Crippen molar-refractivity contribution in [2.45, 2.75) is 33.6 Å². The number of aryl methyl sites for hydroxylation is 1. The molecule has 2 aliphatic heterocycles. The Morgan fingerprint density at radius 1 is 0.660 bits per heavy atom. The Morgan fingerprint density at radius 3 is 1.85 bits per heavy atom. The lowest BCUT2D eigenvalue weighted by atomic mass is 9.90. The maximum absolute atomic E-state index is 13.0. The molecule has 47 heavy (non-hydrogen) atoms. The molecule has 0 radical (unpaired) electrons. The lowest BCUT2D eigenvalue weighted by Gasteiger charge is -2.37. The number of ether oxygens (including phenoxy) is 8. The van der Waals surface area contributed by atoms with Crippen LogP contribution >= 0.6 is 0 Å². The first-order valence-corrected chi connectivity index (χ1v) is 16.0. The second-order valence-corrected chi connectivity index (χ2v) is 12.8. The maximum atomic E-state index is 13.0. The van der Waals surface area contributed by atoms with Gasteiger partial charge in [-0.15, -0.1) is 0 Å². The summed E-state index contributed by atoms with van der Waals surface area (Å²) in [5.41, 5.74) is 1.59. The van der Waals surface area contributed by atoms with Gasteiger partial charge in [0.15, 0.2) is 0 Å². The fourth-order valence-electron chi connectivity index (χ4n) is 4.97. The Bertz CT molecular complexity index is 1480. The Balaban J connectivity index is 1.04. The molecule has 0 aliphatic carbocycles. The number of para-hydroxylation sites is 1. The maximum Gasteiger partial charge on any atom is 0.347 e. The lowest BCUT2D eigenvalue weighted by Crippen LogP contribution is -2.43. The van der Waals surface area contributed by atoms with Crippen molar-refractivity contribution >= 4 is 11.9 Å². The van der Waals surface area contributed by atoms with Crippen molar-refractivity contribution in [3.63, 3.8) is 0 Å². The van der Waals surface area contributed by atoms with Crippen LogP contribution in [0.1, 0.15) is 53.0 Å². The molecular weight excluding hydrogens is 604 g/mol. The molecule has 0 aromatic heterocycles. The van der Waals surface area contributed by atoms with Crippen LogP contribution in [0.5, 0.6) is 23.0 Å². The van der Waals surface area contributed by atoms with E-state index in [9.17, 15) is 9.59 Å². The standard InChI is InChI=1S/C37H44O10/c1-27-20-30(46-35(39)31-8-4-5-9-33(31)45-19-7-17-41-22-37(3)25-43-26-37)14-15-32(27)47-34(38)28-10-12-29(13-11-28)44-18-6-16-40-21-36(2)23-42-24-36/h4-5,8-15,20H,6-7,16-19,21-26H2,1-3H3. The molecular formula is C37H44O10. The van der Waals surface area contributed by atoms with Gasteiger partial charge >= 0.3 is 11.9 Å². The molecule has 0 unspecified atom stereocenters. The second-order valence-electron chi connectivity index (χ2n) is 12.8. The zero-order valence-corrected chi connectivity index (χ0v) is 27.4. The topological polar surface area (TPSA) is 108 Å². The van der Waals surface area contributed by atoms with E-state index in [-0.39, 0.29) is 10.8 Å². The minimum absolute atomic E-state index is 0.109. The number of benzene rings is 3. The highest BCUT2D eigenvalue weighted by Crippen LogP contribution is 2.29. The molecule has 252 valence electrons. The summed E-state index contributed by atoms with van der Waals surface area (Å²) in [6.45, 7) is 12.5. The predicted molar refractivity (Wildman–Crippen MR) is 174 cm³/mol. The van der Waals surface area contributed by atoms with Crippen LogP contribution in [0.4, 0.5) is 0 Å². The molecule has 0 atom stereocenters. The summed E-state index contributed by atoms with van der Waals surface area (Å²) in [5.74, 6) is 0.730. The first-order chi connectivity index (χ1) is 22.7. The van der Waals surface area contributed by atoms with Gasteiger partial charge in [-0.2, -0.15) is 0 Å². The molecule has 10 nitrogen and oxygen atoms in total. The van der Waals surface area contributed by atoms with E-state index in [4.69, 9.17) is 37.9 Å². The molecule has 2 fully saturated rings. The summed E-state index contributed by atoms with van der Waals surface area (Å²) >= 11 is 0. The molecule has 5 rings (SSSR count). The SMILES string of the molecule is Cc1cc(OC(=O)c2ccccc2OCCCOCC2(C)COC2)ccc1OC(=O)c1ccc(OCCCOCC2(C)COC2)cc1. The first kappa shape index (κ1) is 34.4. The summed E-state index contributed by atoms with van der Waals surface area (Å²) in [6, 6.07) is 18.6. The third-order valence-corrected chi connectivity index (χ3v) is 7.85. The van der Waals surface area contributed by atoms with E-state index in [0.717, 1.165) is 32.8 Å². The molecule has 2 heterocycles. The highest BCUT2D eigenvalue weighted by Gasteiger charge is 2.34. The zero-order chi connectivity index (χ0) is 33.1. The average molecular weight is 649 g/mol. The van der Waals surface area contributed by atoms with Crippen molar-refractivity contribution in [3.05, 3.63) is 83.4 Å². The molecule has 3 aromatic carbocycles. The Kier molecular flexibility index (Phi) is 11.9. The molecule has 2 aliphatic rings. The van der Waals surface area contributed by atoms with Crippen molar-refractivity contribution < 1.29 is 47.5 Å². The quantitative estimate of drug-likeness (QED) is 0.0915. The fraction of sp³-hybridized carbons (Fsp3) is 0.459. The van der Waals surface area contributed by atoms with Crippen molar-refractivity contribution in [2.24, 2.45) is 10.8 Å². The van der Waals surface area contributed by atoms with Gasteiger partial charge in [0.2, 0.25) is 0 Å². The minimum atomic E-state index is -0.549. The van der Waals surface area contributed by atoms with E-state index < -0.39 is 11.9 Å². The van der Waals surface area contributed by atoms with Crippen molar-refractivity contribution in [3.8, 4) is 23.0 Å². The van der Waals surface area contributed by atoms with Gasteiger partial charge in [0.05, 0.1) is 58.4 Å². The minimum Gasteiger partial charge on any atom is -0.494 e. The van der Waals surface area contributed by atoms with Crippen LogP contribution < -0.4 is 18.9 Å². The summed E-state index contributed by atoms with van der Waals surface area (Å²) in [7, 11) is 0. The van der Waals surface area contributed by atoms with E-state index >= 15 is 0 Å². The molecule has 0 N–H and O–H groups in total. The van der Waals surface area contributed by atoms with Crippen molar-refractivity contribution in [2.75, 3.05) is 66.1 Å². The van der Waals surface area contributed by atoms with Gasteiger partial charge in [-0.25, -0.2) is 9.59 Å². The van der Waals surface area contributed by atoms with Gasteiger partial charge in [0.1, 0.15) is 28.6 Å². The van der Waals surface area contributed by atoms with E-state index in [1.807, 2.05) is 0 Å². The zero-order valence-electron chi connectivity index (χ0n) is 27.4. The van der Waals surface area contributed by atoms with Crippen LogP contribution in [0.25, 0.3) is 0 Å². The van der Waals surface area contributed by atoms with Crippen LogP contribution in [0.3, 0.4) is 0 Å². The Labute approximate surface area is 276 Å². The number of carbonyl (C=O) groups excluding carboxylic acids is 2. The molecule has 0 amide bonds. The smallest absolute Gasteiger partial charge is 0.347 e. The average Bonchev–Trinajstić information content (AvgIpc) is 3.04. The van der Waals surface area contributed by atoms with E-state index in [0.29, 0.717) is 85.8 Å². The highest BCUT2D eigenvalue weighted by molar-refractivity contribution is 5.94. The molecule has 2 saturated heterocycles. The van der Waals surface area contributed by atoms with Crippen LogP contribution in [0.15, 0.2) is 66.7 Å². The van der Waals surface area contributed by atoms with Crippen LogP contribution in [0.2, 0.25) is 0 Å². The molecule has 0 saturated carbocycles. The summed E-state index contributed by atoms with van der Waals surface area (Å²) in [6.07, 6.45) is 1.45. The van der Waals surface area contributed by atoms with Gasteiger partial charge in [0.25, 0.3) is 0 Å². The van der Waals surface area contributed by atoms with Crippen LogP contribution in [0, 0.1) is 17.8 Å². The van der Waals surface area contributed by atoms with Gasteiger partial charge < -0.3 is 37.9 Å². The predicted octanol–water partition coefficient (Wildman–Crippen LogP) is 6.08. The summed E-state index contributed by atoms with van der Waals surface area (Å²) < 4.78 is 44.9. The van der Waals surface area contributed by atoms with Crippen molar-refractivity contribution in [1.82, 2.24) is 0 Å². The monoisotopic (exact) mass is 648 g/mol. The number of hydrogen-bond acceptors (Lipinski definition) is 10. The van der Waals surface area contributed by atoms with Crippen LogP contribution in [-0.2, 0) is 18.9 Å². The normalized spacial score (nSPS) is 16.0. The molecule has 3 aromatic rings. The number of rotatable bonds is 18. The molecule has 0 spiro atoms. The molecule has 0 bridgehead atoms. The van der Waals surface area contributed by atoms with Gasteiger partial charge in [-0.1, -0.05) is 26.0 Å². The number of hydrogen-bond donors (Lipinski definition) is 0. The fourth-order valence-corrected chi connectivity index (χ4v) is 4.97. The second kappa shape index (κ2) is 16.2. The van der Waals surface area contributed by atoms with Gasteiger partial charge in [0, 0.05) is 36.9 Å². The first-order valence-electron chi connectivity index (χ1n) is 16.0. The van der Waals surface area contributed by atoms with Gasteiger partial charge in [-0.3, -0.25) is 0 Å². The Hall–Kier alpha value is -3.96. The summed E-state index contributed by atoms with van der Waals surface area (Å²) in [5, 5.41) is 0. The third-order valence-electron chi connectivity index (χ3n) is 7.85. The van der Waals surface area contributed by atoms with E-state index in [2.05, 4.69) is 13.8 Å². The highest BCUT2D eigenvalue weighted by atomic mass is 16.5.